The van der Waals surface area contributed by atoms with E-state index in [4.69, 9.17) is 0 Å². The van der Waals surface area contributed by atoms with E-state index in [-0.39, 0.29) is 0 Å². The van der Waals surface area contributed by atoms with Gasteiger partial charge >= 0.3 is 0 Å². The van der Waals surface area contributed by atoms with Gasteiger partial charge in [0, 0.05) is 19.6 Å². The summed E-state index contributed by atoms with van der Waals surface area (Å²) < 4.78 is 0. The number of hydrogen-bond donors (Lipinski definition) is 1. The Morgan fingerprint density at radius 2 is 1.22 bits per heavy atom. The molecule has 27 heavy (non-hydrogen) atoms. The van der Waals surface area contributed by atoms with Gasteiger partial charge in [0.25, 0.3) is 0 Å². The van der Waals surface area contributed by atoms with Gasteiger partial charge in [0.2, 0.25) is 0 Å². The maximum Gasteiger partial charge on any atom is 0.0171 e. The number of hydrogen-bond acceptors (Lipinski definition) is 3. The van der Waals surface area contributed by atoms with E-state index in [2.05, 4.69) is 36.2 Å². The van der Waals surface area contributed by atoms with Crippen LogP contribution in [0.15, 0.2) is 0 Å². The van der Waals surface area contributed by atoms with Crippen molar-refractivity contribution in [1.82, 2.24) is 15.3 Å². The Hall–Kier alpha value is -0.120. The molecule has 1 unspecified atom stereocenters. The highest BCUT2D eigenvalue weighted by atomic mass is 15.5. The molecule has 0 bridgehead atoms. The third-order valence-corrected chi connectivity index (χ3v) is 6.27. The van der Waals surface area contributed by atoms with Gasteiger partial charge in [0.05, 0.1) is 0 Å². The van der Waals surface area contributed by atoms with Gasteiger partial charge in [0.1, 0.15) is 0 Å². The number of nitrogens with zero attached hydrogens (tertiary/aromatic N) is 2. The molecular weight excluding hydrogens is 330 g/mol. The van der Waals surface area contributed by atoms with Crippen LogP contribution in [0.2, 0.25) is 0 Å². The lowest BCUT2D eigenvalue weighted by molar-refractivity contribution is 0.203. The van der Waals surface area contributed by atoms with Gasteiger partial charge < -0.3 is 4.90 Å². The van der Waals surface area contributed by atoms with E-state index in [1.807, 2.05) is 0 Å². The molecule has 1 fully saturated rings. The van der Waals surface area contributed by atoms with Gasteiger partial charge in [-0.05, 0) is 45.3 Å². The normalized spacial score (nSPS) is 18.0. The first-order chi connectivity index (χ1) is 13.3. The second-order valence-corrected chi connectivity index (χ2v) is 8.87. The molecule has 3 heteroatoms. The van der Waals surface area contributed by atoms with Gasteiger partial charge in [-0.25, -0.2) is 5.01 Å². The van der Waals surface area contributed by atoms with Crippen LogP contribution in [0.3, 0.4) is 0 Å². The van der Waals surface area contributed by atoms with Crippen LogP contribution in [0.4, 0.5) is 0 Å². The fraction of sp³-hybridized carbons (Fsp3) is 1.00. The van der Waals surface area contributed by atoms with Crippen molar-refractivity contribution in [3.05, 3.63) is 0 Å². The molecule has 0 aliphatic carbocycles. The zero-order valence-corrected chi connectivity index (χ0v) is 19.1. The summed E-state index contributed by atoms with van der Waals surface area (Å²) in [5, 5.41) is 2.39. The second-order valence-electron chi connectivity index (χ2n) is 8.87. The summed E-state index contributed by atoms with van der Waals surface area (Å²) in [5.74, 6) is 0.867. The van der Waals surface area contributed by atoms with Gasteiger partial charge in [-0.3, -0.25) is 5.43 Å². The van der Waals surface area contributed by atoms with Crippen molar-refractivity contribution >= 4 is 0 Å². The van der Waals surface area contributed by atoms with E-state index < -0.39 is 0 Å². The molecule has 1 rings (SSSR count). The molecule has 0 aromatic heterocycles. The molecular formula is C24H51N3. The van der Waals surface area contributed by atoms with Crippen molar-refractivity contribution in [3.63, 3.8) is 0 Å². The lowest BCUT2D eigenvalue weighted by atomic mass is 10.1. The minimum absolute atomic E-state index is 0.867. The summed E-state index contributed by atoms with van der Waals surface area (Å²) in [6, 6.07) is 0. The summed E-state index contributed by atoms with van der Waals surface area (Å²) in [6.07, 6.45) is 21.3. The van der Waals surface area contributed by atoms with Crippen LogP contribution < -0.4 is 5.43 Å². The predicted octanol–water partition coefficient (Wildman–Crippen LogP) is 6.25. The molecule has 3 nitrogen and oxygen atoms in total. The predicted molar refractivity (Wildman–Crippen MR) is 121 cm³/mol. The van der Waals surface area contributed by atoms with Crippen molar-refractivity contribution in [2.45, 2.75) is 110 Å². The number of rotatable bonds is 19. The van der Waals surface area contributed by atoms with Crippen molar-refractivity contribution in [2.24, 2.45) is 5.92 Å². The zero-order valence-electron chi connectivity index (χ0n) is 19.1. The average Bonchev–Trinajstić information content (AvgIpc) is 3.14. The molecule has 0 aromatic carbocycles. The largest absolute Gasteiger partial charge is 0.303 e. The molecule has 0 spiro atoms. The van der Waals surface area contributed by atoms with Crippen LogP contribution in [0.1, 0.15) is 110 Å². The average molecular weight is 382 g/mol. The third kappa shape index (κ3) is 13.7. The van der Waals surface area contributed by atoms with Crippen LogP contribution >= 0.6 is 0 Å². The first-order valence-electron chi connectivity index (χ1n) is 12.4. The SMILES string of the molecule is CCCCCCCCCN(CCCCCCCCC)CC1CCN(NC)C1. The highest BCUT2D eigenvalue weighted by molar-refractivity contribution is 4.76. The number of nitrogens with one attached hydrogen (secondary N) is 1. The van der Waals surface area contributed by atoms with Crippen LogP contribution in [0.5, 0.6) is 0 Å². The third-order valence-electron chi connectivity index (χ3n) is 6.27. The maximum absolute atomic E-state index is 3.34. The lowest BCUT2D eigenvalue weighted by Gasteiger charge is -2.26. The van der Waals surface area contributed by atoms with Crippen LogP contribution in [0, 0.1) is 5.92 Å². The first-order valence-corrected chi connectivity index (χ1v) is 12.4. The Labute approximate surface area is 171 Å². The Balaban J connectivity index is 2.18. The molecule has 1 aliphatic heterocycles. The highest BCUT2D eigenvalue weighted by Gasteiger charge is 2.23. The molecule has 1 aliphatic rings. The Kier molecular flexibility index (Phi) is 16.6. The van der Waals surface area contributed by atoms with Crippen LogP contribution in [0.25, 0.3) is 0 Å². The fourth-order valence-electron chi connectivity index (χ4n) is 4.43. The summed E-state index contributed by atoms with van der Waals surface area (Å²) in [5.41, 5.74) is 3.34. The first kappa shape index (κ1) is 24.9. The summed E-state index contributed by atoms with van der Waals surface area (Å²) >= 11 is 0. The van der Waals surface area contributed by atoms with Crippen molar-refractivity contribution < 1.29 is 0 Å². The summed E-state index contributed by atoms with van der Waals surface area (Å²) in [7, 11) is 2.07. The summed E-state index contributed by atoms with van der Waals surface area (Å²) in [4.78, 5) is 2.81. The molecule has 1 N–H and O–H groups in total. The smallest absolute Gasteiger partial charge is 0.0171 e. The van der Waals surface area contributed by atoms with E-state index in [9.17, 15) is 0 Å². The zero-order chi connectivity index (χ0) is 19.6. The summed E-state index contributed by atoms with van der Waals surface area (Å²) in [6.45, 7) is 11.1. The van der Waals surface area contributed by atoms with Gasteiger partial charge in [-0.1, -0.05) is 90.9 Å². The highest BCUT2D eigenvalue weighted by Crippen LogP contribution is 2.17. The molecule has 0 saturated carbocycles. The topological polar surface area (TPSA) is 18.5 Å². The van der Waals surface area contributed by atoms with Gasteiger partial charge in [-0.15, -0.1) is 0 Å². The van der Waals surface area contributed by atoms with E-state index in [0.29, 0.717) is 0 Å². The van der Waals surface area contributed by atoms with E-state index in [0.717, 1.165) is 5.92 Å². The minimum Gasteiger partial charge on any atom is -0.303 e. The van der Waals surface area contributed by atoms with Gasteiger partial charge in [0.15, 0.2) is 0 Å². The quantitative estimate of drug-likeness (QED) is 0.267. The monoisotopic (exact) mass is 381 g/mol. The Morgan fingerprint density at radius 1 is 0.741 bits per heavy atom. The van der Waals surface area contributed by atoms with Crippen LogP contribution in [-0.4, -0.2) is 49.7 Å². The van der Waals surface area contributed by atoms with E-state index >= 15 is 0 Å². The molecule has 162 valence electrons. The van der Waals surface area contributed by atoms with E-state index in [1.54, 1.807) is 0 Å². The second kappa shape index (κ2) is 17.9. The van der Waals surface area contributed by atoms with Crippen LogP contribution in [-0.2, 0) is 0 Å². The van der Waals surface area contributed by atoms with Crippen molar-refractivity contribution in [1.29, 1.82) is 0 Å². The van der Waals surface area contributed by atoms with E-state index in [1.165, 1.54) is 129 Å². The van der Waals surface area contributed by atoms with Gasteiger partial charge in [-0.2, -0.15) is 0 Å². The maximum atomic E-state index is 3.34. The van der Waals surface area contributed by atoms with Crippen molar-refractivity contribution in [3.8, 4) is 0 Å². The molecule has 1 atom stereocenters. The molecule has 0 aromatic rings. The van der Waals surface area contributed by atoms with Crippen molar-refractivity contribution in [2.75, 3.05) is 39.8 Å². The Morgan fingerprint density at radius 3 is 1.67 bits per heavy atom. The standard InChI is InChI=1S/C24H51N3/c1-4-6-8-10-12-14-16-19-26(20-17-15-13-11-9-7-5-2)22-24-18-21-27(23-24)25-3/h24-25H,4-23H2,1-3H3. The molecule has 1 heterocycles. The lowest BCUT2D eigenvalue weighted by Crippen LogP contribution is -2.36. The molecule has 1 saturated heterocycles. The number of unbranched alkanes of at least 4 members (excludes halogenated alkanes) is 12. The Bertz CT molecular complexity index is 290. The molecule has 0 radical (unpaired) electrons. The molecule has 0 amide bonds. The fourth-order valence-corrected chi connectivity index (χ4v) is 4.43. The number of hydrazine groups is 1. The minimum atomic E-state index is 0.867.